The third-order valence-electron chi connectivity index (χ3n) is 4.69. The van der Waals surface area contributed by atoms with Crippen molar-refractivity contribution in [3.8, 4) is 11.5 Å². The van der Waals surface area contributed by atoms with Crippen LogP contribution in [0.5, 0.6) is 11.5 Å². The first-order chi connectivity index (χ1) is 15.5. The molecule has 1 aliphatic heterocycles. The average Bonchev–Trinajstić information content (AvgIpc) is 3.07. The molecule has 4 rings (SSSR count). The van der Waals surface area contributed by atoms with E-state index < -0.39 is 0 Å². The zero-order valence-electron chi connectivity index (χ0n) is 16.9. The molecule has 0 bridgehead atoms. The number of methoxy groups -OCH3 is 1. The Balaban J connectivity index is 1.59. The van der Waals surface area contributed by atoms with E-state index >= 15 is 0 Å². The quantitative estimate of drug-likeness (QED) is 0.244. The van der Waals surface area contributed by atoms with Crippen LogP contribution in [0.2, 0.25) is 5.02 Å². The maximum Gasteiger partial charge on any atom is 0.270 e. The number of thiocarbonyl (C=S) groups is 1. The number of carbonyl (C=O) groups is 1. The van der Waals surface area contributed by atoms with Crippen molar-refractivity contribution < 1.29 is 14.3 Å². The summed E-state index contributed by atoms with van der Waals surface area (Å²) in [6.45, 7) is 0.295. The number of anilines is 1. The molecule has 0 spiro atoms. The predicted molar refractivity (Wildman–Crippen MR) is 139 cm³/mol. The third kappa shape index (κ3) is 4.86. The van der Waals surface area contributed by atoms with Crippen LogP contribution in [0.1, 0.15) is 11.1 Å². The molecule has 1 saturated heterocycles. The Morgan fingerprint density at radius 3 is 2.56 bits per heavy atom. The number of thioether (sulfide) groups is 1. The Morgan fingerprint density at radius 2 is 1.84 bits per heavy atom. The summed E-state index contributed by atoms with van der Waals surface area (Å²) in [4.78, 5) is 15.1. The fourth-order valence-corrected chi connectivity index (χ4v) is 5.21. The number of rotatable bonds is 6. The lowest BCUT2D eigenvalue weighted by Gasteiger charge is -2.15. The molecule has 3 aromatic carbocycles. The summed E-state index contributed by atoms with van der Waals surface area (Å²) in [6, 6.07) is 20.6. The molecule has 0 saturated carbocycles. The van der Waals surface area contributed by atoms with Gasteiger partial charge in [-0.2, -0.15) is 0 Å². The van der Waals surface area contributed by atoms with E-state index in [2.05, 4.69) is 15.9 Å². The van der Waals surface area contributed by atoms with Crippen LogP contribution in [0.25, 0.3) is 6.08 Å². The molecule has 0 atom stereocenters. The Hall–Kier alpha value is -2.32. The SMILES string of the molecule is COc1cc(/C=C2\SC(=S)N(c3ccccc3)C2=O)cc(Br)c1OCc1ccccc1Cl. The van der Waals surface area contributed by atoms with Crippen LogP contribution in [0.3, 0.4) is 0 Å². The summed E-state index contributed by atoms with van der Waals surface area (Å²) >= 11 is 16.5. The van der Waals surface area contributed by atoms with Crippen LogP contribution in [0, 0.1) is 0 Å². The summed E-state index contributed by atoms with van der Waals surface area (Å²) in [6.07, 6.45) is 1.80. The van der Waals surface area contributed by atoms with Gasteiger partial charge in [-0.3, -0.25) is 9.69 Å². The van der Waals surface area contributed by atoms with Gasteiger partial charge in [0.25, 0.3) is 5.91 Å². The number of halogens is 2. The highest BCUT2D eigenvalue weighted by molar-refractivity contribution is 9.10. The number of carbonyl (C=O) groups excluding carboxylic acids is 1. The minimum atomic E-state index is -0.152. The maximum absolute atomic E-state index is 13.0. The van der Waals surface area contributed by atoms with Gasteiger partial charge in [-0.25, -0.2) is 0 Å². The number of amides is 1. The first-order valence-electron chi connectivity index (χ1n) is 9.54. The van der Waals surface area contributed by atoms with Gasteiger partial charge >= 0.3 is 0 Å². The second kappa shape index (κ2) is 10.1. The van der Waals surface area contributed by atoms with Crippen LogP contribution in [-0.4, -0.2) is 17.3 Å². The highest BCUT2D eigenvalue weighted by atomic mass is 79.9. The Kier molecular flexibility index (Phi) is 7.20. The molecule has 1 amide bonds. The topological polar surface area (TPSA) is 38.8 Å². The zero-order valence-corrected chi connectivity index (χ0v) is 20.9. The van der Waals surface area contributed by atoms with Crippen LogP contribution in [0.15, 0.2) is 76.1 Å². The van der Waals surface area contributed by atoms with Crippen LogP contribution in [0.4, 0.5) is 5.69 Å². The molecule has 1 heterocycles. The van der Waals surface area contributed by atoms with E-state index in [1.165, 1.54) is 11.8 Å². The lowest BCUT2D eigenvalue weighted by molar-refractivity contribution is -0.113. The van der Waals surface area contributed by atoms with Gasteiger partial charge in [0.1, 0.15) is 6.61 Å². The zero-order chi connectivity index (χ0) is 22.7. The third-order valence-corrected chi connectivity index (χ3v) is 6.95. The number of benzene rings is 3. The van der Waals surface area contributed by atoms with Crippen LogP contribution in [-0.2, 0) is 11.4 Å². The Bertz CT molecular complexity index is 1220. The molecular weight excluding hydrogens is 530 g/mol. The largest absolute Gasteiger partial charge is 0.493 e. The smallest absolute Gasteiger partial charge is 0.270 e. The van der Waals surface area contributed by atoms with Crippen molar-refractivity contribution in [1.82, 2.24) is 0 Å². The molecule has 8 heteroatoms. The van der Waals surface area contributed by atoms with Crippen LogP contribution < -0.4 is 14.4 Å². The Labute approximate surface area is 209 Å². The fourth-order valence-electron chi connectivity index (χ4n) is 3.15. The summed E-state index contributed by atoms with van der Waals surface area (Å²) in [5.41, 5.74) is 2.41. The van der Waals surface area contributed by atoms with Crippen molar-refractivity contribution in [3.05, 3.63) is 92.3 Å². The van der Waals surface area contributed by atoms with Crippen molar-refractivity contribution in [3.63, 3.8) is 0 Å². The van der Waals surface area contributed by atoms with Gasteiger partial charge in [0, 0.05) is 10.6 Å². The summed E-state index contributed by atoms with van der Waals surface area (Å²) in [5.74, 6) is 0.943. The maximum atomic E-state index is 13.0. The van der Waals surface area contributed by atoms with Crippen molar-refractivity contribution in [2.24, 2.45) is 0 Å². The molecule has 0 aliphatic carbocycles. The molecule has 1 fully saturated rings. The molecule has 4 nitrogen and oxygen atoms in total. The molecular formula is C24H17BrClNO3S2. The minimum absolute atomic E-state index is 0.152. The molecule has 0 aromatic heterocycles. The van der Waals surface area contributed by atoms with Crippen LogP contribution >= 0.6 is 51.5 Å². The summed E-state index contributed by atoms with van der Waals surface area (Å²) < 4.78 is 12.7. The van der Waals surface area contributed by atoms with Crippen molar-refractivity contribution in [2.75, 3.05) is 12.0 Å². The lowest BCUT2D eigenvalue weighted by Crippen LogP contribution is -2.27. The van der Waals surface area contributed by atoms with E-state index in [-0.39, 0.29) is 5.91 Å². The van der Waals surface area contributed by atoms with Gasteiger partial charge in [0.15, 0.2) is 15.8 Å². The standard InChI is InChI=1S/C24H17BrClNO3S2/c1-29-20-12-15(11-18(25)22(20)30-14-16-7-5-6-10-19(16)26)13-21-23(28)27(24(31)32-21)17-8-3-2-4-9-17/h2-13H,14H2,1H3/b21-13-. The molecule has 32 heavy (non-hydrogen) atoms. The molecule has 0 N–H and O–H groups in total. The first-order valence-corrected chi connectivity index (χ1v) is 11.9. The summed E-state index contributed by atoms with van der Waals surface area (Å²) in [7, 11) is 1.57. The average molecular weight is 547 g/mol. The second-order valence-corrected chi connectivity index (χ2v) is 9.70. The number of ether oxygens (including phenoxy) is 2. The van der Waals surface area contributed by atoms with Crippen molar-refractivity contribution in [1.29, 1.82) is 0 Å². The number of hydrogen-bond donors (Lipinski definition) is 0. The normalized spacial score (nSPS) is 14.8. The highest BCUT2D eigenvalue weighted by Crippen LogP contribution is 2.40. The number of hydrogen-bond acceptors (Lipinski definition) is 5. The van der Waals surface area contributed by atoms with E-state index in [0.29, 0.717) is 36.8 Å². The molecule has 0 radical (unpaired) electrons. The molecule has 162 valence electrons. The first kappa shape index (κ1) is 22.9. The molecule has 0 unspecified atom stereocenters. The Morgan fingerprint density at radius 1 is 1.12 bits per heavy atom. The number of nitrogens with zero attached hydrogens (tertiary/aromatic N) is 1. The molecule has 1 aliphatic rings. The van der Waals surface area contributed by atoms with Gasteiger partial charge in [-0.15, -0.1) is 0 Å². The van der Waals surface area contributed by atoms with E-state index in [4.69, 9.17) is 33.3 Å². The summed E-state index contributed by atoms with van der Waals surface area (Å²) in [5, 5.41) is 0.639. The van der Waals surface area contributed by atoms with E-state index in [0.717, 1.165) is 16.8 Å². The monoisotopic (exact) mass is 545 g/mol. The van der Waals surface area contributed by atoms with Gasteiger partial charge in [0.05, 0.1) is 22.2 Å². The highest BCUT2D eigenvalue weighted by Gasteiger charge is 2.33. The van der Waals surface area contributed by atoms with Crippen molar-refractivity contribution >= 4 is 73.5 Å². The molecule has 3 aromatic rings. The van der Waals surface area contributed by atoms with Gasteiger partial charge in [-0.1, -0.05) is 72.0 Å². The lowest BCUT2D eigenvalue weighted by atomic mass is 10.1. The fraction of sp³-hybridized carbons (Fsp3) is 0.0833. The van der Waals surface area contributed by atoms with Crippen molar-refractivity contribution in [2.45, 2.75) is 6.61 Å². The van der Waals surface area contributed by atoms with Gasteiger partial charge < -0.3 is 9.47 Å². The predicted octanol–water partition coefficient (Wildman–Crippen LogP) is 7.10. The van der Waals surface area contributed by atoms with E-state index in [1.54, 1.807) is 18.1 Å². The second-order valence-electron chi connectivity index (χ2n) is 6.77. The van der Waals surface area contributed by atoms with Gasteiger partial charge in [0.2, 0.25) is 0 Å². The van der Waals surface area contributed by atoms with Gasteiger partial charge in [-0.05, 0) is 57.9 Å². The minimum Gasteiger partial charge on any atom is -0.493 e. The van der Waals surface area contributed by atoms with E-state index in [1.807, 2.05) is 66.7 Å². The van der Waals surface area contributed by atoms with E-state index in [9.17, 15) is 4.79 Å². The number of para-hydroxylation sites is 1.